The van der Waals surface area contributed by atoms with Gasteiger partial charge in [-0.05, 0) is 67.1 Å². The first-order chi connectivity index (χ1) is 16.9. The van der Waals surface area contributed by atoms with Crippen molar-refractivity contribution in [2.24, 2.45) is 11.7 Å². The van der Waals surface area contributed by atoms with Crippen LogP contribution in [0, 0.1) is 5.92 Å². The number of aryl methyl sites for hydroxylation is 1. The molecule has 1 aliphatic carbocycles. The molecular weight excluding hydrogens is 480 g/mol. The van der Waals surface area contributed by atoms with E-state index in [1.54, 1.807) is 40.2 Å². The standard InChI is InChI=1S/C26H24N4O3S2/c1-15-7-12-19-20(13-15)35-24-22(19)25(33)30(18-5-3-2-4-6-18)26(29-24)34-14-21(31)28-17-10-8-16(9-11-17)23(27)32/h2-6,8-11,15H,7,12-14H2,1H3,(H2,27,32)(H,28,31). The molecule has 35 heavy (non-hydrogen) atoms. The van der Waals surface area contributed by atoms with Crippen LogP contribution >= 0.6 is 23.1 Å². The fraction of sp³-hybridized carbons (Fsp3) is 0.231. The maximum atomic E-state index is 13.8. The molecule has 0 bridgehead atoms. The summed E-state index contributed by atoms with van der Waals surface area (Å²) in [5, 5.41) is 4.01. The molecular formula is C26H24N4O3S2. The van der Waals surface area contributed by atoms with Crippen LogP contribution in [0.2, 0.25) is 0 Å². The maximum absolute atomic E-state index is 13.8. The first-order valence-electron chi connectivity index (χ1n) is 11.4. The van der Waals surface area contributed by atoms with Gasteiger partial charge in [-0.3, -0.25) is 19.0 Å². The van der Waals surface area contributed by atoms with E-state index in [4.69, 9.17) is 10.7 Å². The molecule has 0 saturated heterocycles. The smallest absolute Gasteiger partial charge is 0.267 e. The van der Waals surface area contributed by atoms with Gasteiger partial charge >= 0.3 is 0 Å². The second kappa shape index (κ2) is 9.67. The van der Waals surface area contributed by atoms with Crippen molar-refractivity contribution in [3.8, 4) is 5.69 Å². The number of benzene rings is 2. The fourth-order valence-electron chi connectivity index (χ4n) is 4.32. The number of amides is 2. The monoisotopic (exact) mass is 504 g/mol. The number of fused-ring (bicyclic) bond motifs is 3. The predicted octanol–water partition coefficient (Wildman–Crippen LogP) is 4.40. The van der Waals surface area contributed by atoms with Gasteiger partial charge in [0.25, 0.3) is 5.56 Å². The minimum absolute atomic E-state index is 0.0739. The Labute approximate surface area is 210 Å². The minimum atomic E-state index is -0.525. The van der Waals surface area contributed by atoms with Crippen LogP contribution in [0.5, 0.6) is 0 Å². The molecule has 178 valence electrons. The number of rotatable bonds is 6. The van der Waals surface area contributed by atoms with Crippen LogP contribution in [0.4, 0.5) is 5.69 Å². The number of hydrogen-bond acceptors (Lipinski definition) is 6. The number of para-hydroxylation sites is 1. The van der Waals surface area contributed by atoms with Gasteiger partial charge in [0.15, 0.2) is 5.16 Å². The van der Waals surface area contributed by atoms with E-state index >= 15 is 0 Å². The summed E-state index contributed by atoms with van der Waals surface area (Å²) in [6, 6.07) is 15.8. The maximum Gasteiger partial charge on any atom is 0.267 e. The molecule has 2 aromatic carbocycles. The molecule has 3 N–H and O–H groups in total. The topological polar surface area (TPSA) is 107 Å². The SMILES string of the molecule is CC1CCc2c(sc3nc(SCC(=O)Nc4ccc(C(N)=O)cc4)n(-c4ccccc4)c(=O)c23)C1. The molecule has 2 heterocycles. The molecule has 0 radical (unpaired) electrons. The van der Waals surface area contributed by atoms with Crippen molar-refractivity contribution >= 4 is 50.8 Å². The Balaban J connectivity index is 1.46. The van der Waals surface area contributed by atoms with Crippen molar-refractivity contribution in [3.63, 3.8) is 0 Å². The number of carbonyl (C=O) groups excluding carboxylic acids is 2. The Bertz CT molecular complexity index is 1480. The van der Waals surface area contributed by atoms with Gasteiger partial charge in [-0.15, -0.1) is 11.3 Å². The Morgan fingerprint density at radius 2 is 1.91 bits per heavy atom. The lowest BCUT2D eigenvalue weighted by molar-refractivity contribution is -0.113. The van der Waals surface area contributed by atoms with Crippen molar-refractivity contribution in [3.05, 3.63) is 81.0 Å². The number of nitrogens with two attached hydrogens (primary N) is 1. The summed E-state index contributed by atoms with van der Waals surface area (Å²) >= 11 is 2.83. The molecule has 0 saturated carbocycles. The van der Waals surface area contributed by atoms with Gasteiger partial charge in [0.2, 0.25) is 11.8 Å². The number of primary amides is 1. The third kappa shape index (κ3) is 4.74. The number of thioether (sulfide) groups is 1. The normalized spacial score (nSPS) is 15.1. The Morgan fingerprint density at radius 3 is 2.63 bits per heavy atom. The Kier molecular flexibility index (Phi) is 6.44. The van der Waals surface area contributed by atoms with Gasteiger partial charge in [0.05, 0.1) is 16.8 Å². The zero-order valence-electron chi connectivity index (χ0n) is 19.1. The fourth-order valence-corrected chi connectivity index (χ4v) is 6.55. The summed E-state index contributed by atoms with van der Waals surface area (Å²) in [6.45, 7) is 2.24. The number of carbonyl (C=O) groups is 2. The second-order valence-electron chi connectivity index (χ2n) is 8.68. The zero-order valence-corrected chi connectivity index (χ0v) is 20.7. The van der Waals surface area contributed by atoms with E-state index in [9.17, 15) is 14.4 Å². The average Bonchev–Trinajstić information content (AvgIpc) is 3.21. The summed E-state index contributed by atoms with van der Waals surface area (Å²) in [4.78, 5) is 44.5. The van der Waals surface area contributed by atoms with Crippen LogP contribution in [0.15, 0.2) is 64.5 Å². The lowest BCUT2D eigenvalue weighted by atomic mass is 9.89. The summed E-state index contributed by atoms with van der Waals surface area (Å²) in [7, 11) is 0. The number of hydrogen-bond donors (Lipinski definition) is 2. The van der Waals surface area contributed by atoms with Crippen molar-refractivity contribution in [1.29, 1.82) is 0 Å². The number of nitrogens with one attached hydrogen (secondary N) is 1. The van der Waals surface area contributed by atoms with Crippen LogP contribution in [-0.4, -0.2) is 27.1 Å². The summed E-state index contributed by atoms with van der Waals surface area (Å²) in [5.74, 6) is -0.0927. The molecule has 4 aromatic rings. The highest BCUT2D eigenvalue weighted by atomic mass is 32.2. The van der Waals surface area contributed by atoms with Crippen LogP contribution in [-0.2, 0) is 17.6 Å². The first kappa shape index (κ1) is 23.3. The van der Waals surface area contributed by atoms with Gasteiger partial charge < -0.3 is 11.1 Å². The van der Waals surface area contributed by atoms with Crippen LogP contribution < -0.4 is 16.6 Å². The van der Waals surface area contributed by atoms with E-state index < -0.39 is 5.91 Å². The van der Waals surface area contributed by atoms with Gasteiger partial charge in [0, 0.05) is 16.1 Å². The first-order valence-corrected chi connectivity index (χ1v) is 13.2. The molecule has 0 spiro atoms. The predicted molar refractivity (Wildman–Crippen MR) is 141 cm³/mol. The Morgan fingerprint density at radius 1 is 1.17 bits per heavy atom. The molecule has 0 fully saturated rings. The number of nitrogens with zero attached hydrogens (tertiary/aromatic N) is 2. The minimum Gasteiger partial charge on any atom is -0.366 e. The summed E-state index contributed by atoms with van der Waals surface area (Å²) in [6.07, 6.45) is 2.94. The molecule has 9 heteroatoms. The average molecular weight is 505 g/mol. The second-order valence-corrected chi connectivity index (χ2v) is 10.7. The molecule has 7 nitrogen and oxygen atoms in total. The van der Waals surface area contributed by atoms with E-state index in [0.717, 1.165) is 35.3 Å². The van der Waals surface area contributed by atoms with E-state index in [1.807, 2.05) is 30.3 Å². The lowest BCUT2D eigenvalue weighted by Gasteiger charge is -2.17. The van der Waals surface area contributed by atoms with E-state index in [1.165, 1.54) is 16.6 Å². The summed E-state index contributed by atoms with van der Waals surface area (Å²) in [5.41, 5.74) is 7.97. The van der Waals surface area contributed by atoms with Gasteiger partial charge in [0.1, 0.15) is 4.83 Å². The zero-order chi connectivity index (χ0) is 24.5. The molecule has 5 rings (SSSR count). The number of anilines is 1. The van der Waals surface area contributed by atoms with Gasteiger partial charge in [-0.1, -0.05) is 36.9 Å². The molecule has 1 unspecified atom stereocenters. The molecule has 1 aliphatic rings. The van der Waals surface area contributed by atoms with Crippen LogP contribution in [0.3, 0.4) is 0 Å². The summed E-state index contributed by atoms with van der Waals surface area (Å²) < 4.78 is 1.62. The van der Waals surface area contributed by atoms with E-state index in [0.29, 0.717) is 27.7 Å². The van der Waals surface area contributed by atoms with E-state index in [2.05, 4.69) is 12.2 Å². The van der Waals surface area contributed by atoms with Crippen molar-refractivity contribution in [1.82, 2.24) is 9.55 Å². The molecule has 2 aromatic heterocycles. The Hall–Kier alpha value is -3.43. The van der Waals surface area contributed by atoms with Gasteiger partial charge in [-0.2, -0.15) is 0 Å². The number of thiophene rings is 1. The van der Waals surface area contributed by atoms with E-state index in [-0.39, 0.29) is 17.2 Å². The highest BCUT2D eigenvalue weighted by molar-refractivity contribution is 7.99. The van der Waals surface area contributed by atoms with Crippen LogP contribution in [0.25, 0.3) is 15.9 Å². The highest BCUT2D eigenvalue weighted by Crippen LogP contribution is 2.37. The highest BCUT2D eigenvalue weighted by Gasteiger charge is 2.25. The molecule has 0 aliphatic heterocycles. The van der Waals surface area contributed by atoms with Gasteiger partial charge in [-0.25, -0.2) is 4.98 Å². The van der Waals surface area contributed by atoms with Crippen molar-refractivity contribution < 1.29 is 9.59 Å². The van der Waals surface area contributed by atoms with Crippen LogP contribution in [0.1, 0.15) is 34.1 Å². The third-order valence-corrected chi connectivity index (χ3v) is 8.19. The van der Waals surface area contributed by atoms with Crippen molar-refractivity contribution in [2.45, 2.75) is 31.3 Å². The largest absolute Gasteiger partial charge is 0.366 e. The molecule has 1 atom stereocenters. The third-order valence-electron chi connectivity index (χ3n) is 6.10. The molecule has 2 amide bonds. The quantitative estimate of drug-likeness (QED) is 0.299. The number of aromatic nitrogens is 2. The van der Waals surface area contributed by atoms with Crippen molar-refractivity contribution in [2.75, 3.05) is 11.1 Å². The lowest BCUT2D eigenvalue weighted by Crippen LogP contribution is -2.23.